The van der Waals surface area contributed by atoms with Crippen molar-refractivity contribution < 1.29 is 23.1 Å². The predicted molar refractivity (Wildman–Crippen MR) is 70.4 cm³/mol. The highest BCUT2D eigenvalue weighted by molar-refractivity contribution is 5.94. The number of aliphatic hydroxyl groups excluding tert-OH is 1. The molecule has 0 atom stereocenters. The molecule has 4 nitrogen and oxygen atoms in total. The van der Waals surface area contributed by atoms with Crippen LogP contribution in [0.15, 0.2) is 12.1 Å². The van der Waals surface area contributed by atoms with E-state index in [1.54, 1.807) is 0 Å². The fourth-order valence-corrected chi connectivity index (χ4v) is 2.40. The number of β-amino-alcohol motifs (C(OH)–C–C–N with tert-alkyl or cyclic N) is 1. The smallest absolute Gasteiger partial charge is 0.256 e. The van der Waals surface area contributed by atoms with Crippen LogP contribution in [0.2, 0.25) is 0 Å². The van der Waals surface area contributed by atoms with Crippen molar-refractivity contribution in [1.29, 1.82) is 0 Å². The molecule has 1 aromatic rings. The molecule has 2 rings (SSSR count). The van der Waals surface area contributed by atoms with Gasteiger partial charge in [-0.2, -0.15) is 0 Å². The molecule has 7 heteroatoms. The zero-order valence-corrected chi connectivity index (χ0v) is 11.5. The standard InChI is InChI=1S/C14H17F3N2O2/c15-11-3-2-10(12(16)13(11)17)14(21)19-5-1-4-18(6-7-19)8-9-20/h2-3,20H,1,4-9H2. The second-order valence-electron chi connectivity index (χ2n) is 4.93. The molecule has 1 saturated heterocycles. The Balaban J connectivity index is 2.11. The Bertz CT molecular complexity index is 525. The van der Waals surface area contributed by atoms with Crippen molar-refractivity contribution >= 4 is 5.91 Å². The van der Waals surface area contributed by atoms with Gasteiger partial charge in [-0.1, -0.05) is 0 Å². The van der Waals surface area contributed by atoms with Crippen LogP contribution in [0, 0.1) is 17.5 Å². The summed E-state index contributed by atoms with van der Waals surface area (Å²) in [4.78, 5) is 15.6. The molecule has 1 fully saturated rings. The highest BCUT2D eigenvalue weighted by Gasteiger charge is 2.25. The Morgan fingerprint density at radius 2 is 1.86 bits per heavy atom. The van der Waals surface area contributed by atoms with E-state index in [2.05, 4.69) is 0 Å². The van der Waals surface area contributed by atoms with Gasteiger partial charge in [0.1, 0.15) is 0 Å². The zero-order valence-electron chi connectivity index (χ0n) is 11.5. The molecule has 0 spiro atoms. The van der Waals surface area contributed by atoms with Crippen molar-refractivity contribution in [1.82, 2.24) is 9.80 Å². The summed E-state index contributed by atoms with van der Waals surface area (Å²) in [6.07, 6.45) is 0.678. The van der Waals surface area contributed by atoms with Gasteiger partial charge in [-0.25, -0.2) is 13.2 Å². The summed E-state index contributed by atoms with van der Waals surface area (Å²) in [6.45, 7) is 2.60. The van der Waals surface area contributed by atoms with Crippen LogP contribution in [-0.4, -0.2) is 60.1 Å². The summed E-state index contributed by atoms with van der Waals surface area (Å²) in [5, 5.41) is 8.91. The minimum atomic E-state index is -1.63. The lowest BCUT2D eigenvalue weighted by atomic mass is 10.1. The van der Waals surface area contributed by atoms with E-state index in [1.807, 2.05) is 4.90 Å². The van der Waals surface area contributed by atoms with Gasteiger partial charge in [0.05, 0.1) is 12.2 Å². The van der Waals surface area contributed by atoms with E-state index in [1.165, 1.54) is 4.90 Å². The largest absolute Gasteiger partial charge is 0.395 e. The first-order valence-corrected chi connectivity index (χ1v) is 6.80. The van der Waals surface area contributed by atoms with Gasteiger partial charge in [0.25, 0.3) is 5.91 Å². The quantitative estimate of drug-likeness (QED) is 0.855. The van der Waals surface area contributed by atoms with Gasteiger partial charge >= 0.3 is 0 Å². The number of carbonyl (C=O) groups is 1. The monoisotopic (exact) mass is 302 g/mol. The predicted octanol–water partition coefficient (Wildman–Crippen LogP) is 1.24. The second kappa shape index (κ2) is 6.91. The SMILES string of the molecule is O=C(c1ccc(F)c(F)c1F)N1CCCN(CCO)CC1. The van der Waals surface area contributed by atoms with Gasteiger partial charge in [-0.3, -0.25) is 9.69 Å². The van der Waals surface area contributed by atoms with Crippen molar-refractivity contribution in [3.8, 4) is 0 Å². The molecular formula is C14H17F3N2O2. The number of aliphatic hydroxyl groups is 1. The fourth-order valence-electron chi connectivity index (χ4n) is 2.40. The number of benzene rings is 1. The van der Waals surface area contributed by atoms with Crippen LogP contribution in [0.5, 0.6) is 0 Å². The van der Waals surface area contributed by atoms with E-state index in [-0.39, 0.29) is 6.61 Å². The van der Waals surface area contributed by atoms with Gasteiger partial charge in [0.15, 0.2) is 17.5 Å². The highest BCUT2D eigenvalue weighted by atomic mass is 19.2. The number of halogens is 3. The minimum Gasteiger partial charge on any atom is -0.395 e. The number of carbonyl (C=O) groups excluding carboxylic acids is 1. The molecule has 0 unspecified atom stereocenters. The fraction of sp³-hybridized carbons (Fsp3) is 0.500. The molecule has 1 aliphatic rings. The molecule has 0 aromatic heterocycles. The maximum Gasteiger partial charge on any atom is 0.256 e. The Morgan fingerprint density at radius 3 is 2.57 bits per heavy atom. The van der Waals surface area contributed by atoms with Crippen LogP contribution in [0.4, 0.5) is 13.2 Å². The van der Waals surface area contributed by atoms with E-state index in [0.29, 0.717) is 32.6 Å². The van der Waals surface area contributed by atoms with Crippen molar-refractivity contribution in [3.63, 3.8) is 0 Å². The van der Waals surface area contributed by atoms with E-state index in [9.17, 15) is 18.0 Å². The third-order valence-corrected chi connectivity index (χ3v) is 3.56. The Labute approximate surface area is 120 Å². The van der Waals surface area contributed by atoms with E-state index >= 15 is 0 Å². The molecule has 21 heavy (non-hydrogen) atoms. The van der Waals surface area contributed by atoms with Crippen molar-refractivity contribution in [2.75, 3.05) is 39.3 Å². The lowest BCUT2D eigenvalue weighted by Gasteiger charge is -2.21. The van der Waals surface area contributed by atoms with Crippen LogP contribution in [0.1, 0.15) is 16.8 Å². The number of nitrogens with zero attached hydrogens (tertiary/aromatic N) is 2. The first-order chi connectivity index (χ1) is 10.0. The molecule has 0 saturated carbocycles. The normalized spacial score (nSPS) is 16.9. The average Bonchev–Trinajstić information content (AvgIpc) is 2.70. The van der Waals surface area contributed by atoms with Crippen LogP contribution in [0.25, 0.3) is 0 Å². The molecule has 1 heterocycles. The van der Waals surface area contributed by atoms with Crippen molar-refractivity contribution in [2.24, 2.45) is 0 Å². The number of hydrogen-bond acceptors (Lipinski definition) is 3. The summed E-state index contributed by atoms with van der Waals surface area (Å²) < 4.78 is 39.8. The molecule has 0 radical (unpaired) electrons. The summed E-state index contributed by atoms with van der Waals surface area (Å²) in [5.74, 6) is -5.03. The van der Waals surface area contributed by atoms with E-state index in [4.69, 9.17) is 5.11 Å². The third-order valence-electron chi connectivity index (χ3n) is 3.56. The first-order valence-electron chi connectivity index (χ1n) is 6.80. The maximum absolute atomic E-state index is 13.7. The lowest BCUT2D eigenvalue weighted by molar-refractivity contribution is 0.0754. The zero-order chi connectivity index (χ0) is 15.4. The average molecular weight is 302 g/mol. The molecule has 1 aromatic carbocycles. The Hall–Kier alpha value is -1.60. The van der Waals surface area contributed by atoms with Crippen LogP contribution in [-0.2, 0) is 0 Å². The van der Waals surface area contributed by atoms with Crippen LogP contribution >= 0.6 is 0 Å². The highest BCUT2D eigenvalue weighted by Crippen LogP contribution is 2.17. The second-order valence-corrected chi connectivity index (χ2v) is 4.93. The minimum absolute atomic E-state index is 0.0335. The van der Waals surface area contributed by atoms with Gasteiger partial charge < -0.3 is 10.0 Å². The first kappa shape index (κ1) is 15.8. The van der Waals surface area contributed by atoms with E-state index < -0.39 is 28.9 Å². The molecule has 1 amide bonds. The van der Waals surface area contributed by atoms with Gasteiger partial charge in [-0.15, -0.1) is 0 Å². The van der Waals surface area contributed by atoms with Gasteiger partial charge in [0.2, 0.25) is 0 Å². The molecule has 1 N–H and O–H groups in total. The molecule has 0 bridgehead atoms. The van der Waals surface area contributed by atoms with Crippen molar-refractivity contribution in [2.45, 2.75) is 6.42 Å². The topological polar surface area (TPSA) is 43.8 Å². The number of hydrogen-bond donors (Lipinski definition) is 1. The maximum atomic E-state index is 13.7. The third kappa shape index (κ3) is 3.54. The van der Waals surface area contributed by atoms with Crippen molar-refractivity contribution in [3.05, 3.63) is 35.1 Å². The molecule has 0 aliphatic carbocycles. The van der Waals surface area contributed by atoms with Gasteiger partial charge in [0, 0.05) is 26.2 Å². The Morgan fingerprint density at radius 1 is 1.10 bits per heavy atom. The summed E-state index contributed by atoms with van der Waals surface area (Å²) in [6, 6.07) is 1.72. The number of rotatable bonds is 3. The van der Waals surface area contributed by atoms with Gasteiger partial charge in [-0.05, 0) is 25.1 Å². The molecule has 1 aliphatic heterocycles. The summed E-state index contributed by atoms with van der Waals surface area (Å²) in [7, 11) is 0. The lowest BCUT2D eigenvalue weighted by Crippen LogP contribution is -2.36. The van der Waals surface area contributed by atoms with Crippen LogP contribution < -0.4 is 0 Å². The van der Waals surface area contributed by atoms with E-state index in [0.717, 1.165) is 18.7 Å². The number of amides is 1. The van der Waals surface area contributed by atoms with Crippen LogP contribution in [0.3, 0.4) is 0 Å². The molecule has 116 valence electrons. The Kier molecular flexibility index (Phi) is 5.19. The summed E-state index contributed by atoms with van der Waals surface area (Å²) >= 11 is 0. The molecular weight excluding hydrogens is 285 g/mol. The summed E-state index contributed by atoms with van der Waals surface area (Å²) in [5.41, 5.74) is -0.454.